The molecule has 1 aromatic rings. The lowest BCUT2D eigenvalue weighted by Crippen LogP contribution is -2.47. The molecule has 0 unspecified atom stereocenters. The Hall–Kier alpha value is -1.63. The zero-order valence-corrected chi connectivity index (χ0v) is 16.1. The molecule has 0 saturated carbocycles. The van der Waals surface area contributed by atoms with Crippen LogP contribution >= 0.6 is 11.3 Å². The average Bonchev–Trinajstić information content (AvgIpc) is 2.95. The highest BCUT2D eigenvalue weighted by molar-refractivity contribution is 7.15. The number of aryl methyl sites for hydroxylation is 1. The third kappa shape index (κ3) is 4.51. The molecule has 1 aliphatic heterocycles. The molecule has 25 heavy (non-hydrogen) atoms. The van der Waals surface area contributed by atoms with Crippen molar-refractivity contribution in [1.82, 2.24) is 15.2 Å². The Labute approximate surface area is 153 Å². The molecule has 1 fully saturated rings. The molecule has 2 aliphatic rings. The van der Waals surface area contributed by atoms with Gasteiger partial charge < -0.3 is 15.5 Å². The molecule has 0 spiro atoms. The van der Waals surface area contributed by atoms with Crippen molar-refractivity contribution in [3.8, 4) is 0 Å². The van der Waals surface area contributed by atoms with E-state index in [-0.39, 0.29) is 23.9 Å². The van der Waals surface area contributed by atoms with E-state index in [4.69, 9.17) is 0 Å². The van der Waals surface area contributed by atoms with E-state index in [1.165, 1.54) is 17.0 Å². The summed E-state index contributed by atoms with van der Waals surface area (Å²) in [7, 11) is 0. The monoisotopic (exact) mass is 364 g/mol. The first-order chi connectivity index (χ1) is 11.9. The van der Waals surface area contributed by atoms with Gasteiger partial charge in [-0.2, -0.15) is 0 Å². The number of amides is 3. The predicted octanol–water partition coefficient (Wildman–Crippen LogP) is 3.04. The number of fused-ring (bicyclic) bond motifs is 1. The largest absolute Gasteiger partial charge is 0.336 e. The normalized spacial score (nSPS) is 21.1. The molecule has 1 aromatic heterocycles. The Morgan fingerprint density at radius 3 is 2.64 bits per heavy atom. The zero-order valence-electron chi connectivity index (χ0n) is 15.3. The maximum absolute atomic E-state index is 12.5. The predicted molar refractivity (Wildman–Crippen MR) is 99.9 cm³/mol. The van der Waals surface area contributed by atoms with Crippen molar-refractivity contribution in [1.29, 1.82) is 0 Å². The third-order valence-corrected chi connectivity index (χ3v) is 6.02. The quantitative estimate of drug-likeness (QED) is 0.866. The maximum Gasteiger partial charge on any atom is 0.317 e. The summed E-state index contributed by atoms with van der Waals surface area (Å²) in [6, 6.07) is 0.0998. The van der Waals surface area contributed by atoms with Crippen LogP contribution in [-0.4, -0.2) is 41.0 Å². The van der Waals surface area contributed by atoms with Gasteiger partial charge in [0.1, 0.15) is 0 Å². The Bertz CT molecular complexity index is 635. The Morgan fingerprint density at radius 2 is 1.96 bits per heavy atom. The summed E-state index contributed by atoms with van der Waals surface area (Å²) >= 11 is 1.63. The van der Waals surface area contributed by atoms with Gasteiger partial charge in [-0.3, -0.25) is 4.79 Å². The summed E-state index contributed by atoms with van der Waals surface area (Å²) in [5, 5.41) is 6.66. The lowest BCUT2D eigenvalue weighted by atomic mass is 9.93. The van der Waals surface area contributed by atoms with E-state index in [0.717, 1.165) is 18.0 Å². The highest BCUT2D eigenvalue weighted by atomic mass is 32.1. The highest BCUT2D eigenvalue weighted by Crippen LogP contribution is 2.32. The second-order valence-corrected chi connectivity index (χ2v) is 8.68. The van der Waals surface area contributed by atoms with Crippen molar-refractivity contribution in [2.24, 2.45) is 11.8 Å². The van der Waals surface area contributed by atoms with Gasteiger partial charge in [0.2, 0.25) is 5.91 Å². The van der Waals surface area contributed by atoms with E-state index < -0.39 is 0 Å². The fraction of sp³-hybridized carbons (Fsp3) is 0.722. The number of piperidine rings is 1. The Kier molecular flexibility index (Phi) is 5.61. The van der Waals surface area contributed by atoms with E-state index in [1.54, 1.807) is 16.2 Å². The van der Waals surface area contributed by atoms with Crippen LogP contribution in [0.5, 0.6) is 0 Å². The third-order valence-electron chi connectivity index (χ3n) is 4.98. The van der Waals surface area contributed by atoms with Crippen molar-refractivity contribution in [2.45, 2.75) is 58.9 Å². The van der Waals surface area contributed by atoms with Crippen LogP contribution in [0.15, 0.2) is 0 Å². The molecule has 6 nitrogen and oxygen atoms in total. The summed E-state index contributed by atoms with van der Waals surface area (Å²) < 4.78 is 0. The highest BCUT2D eigenvalue weighted by Gasteiger charge is 2.28. The SMILES string of the molecule is CC(C)NC(=O)N1CCC(C(=O)Nc2nc3c(s2)C[C@@H](C)CC3)CC1. The molecule has 1 aliphatic carbocycles. The molecule has 2 N–H and O–H groups in total. The van der Waals surface area contributed by atoms with Crippen LogP contribution in [0, 0.1) is 11.8 Å². The Morgan fingerprint density at radius 1 is 1.24 bits per heavy atom. The number of thiazole rings is 1. The van der Waals surface area contributed by atoms with E-state index in [0.29, 0.717) is 31.8 Å². The van der Waals surface area contributed by atoms with E-state index in [9.17, 15) is 9.59 Å². The summed E-state index contributed by atoms with van der Waals surface area (Å²) in [6.45, 7) is 7.42. The fourth-order valence-electron chi connectivity index (χ4n) is 3.48. The summed E-state index contributed by atoms with van der Waals surface area (Å²) in [5.74, 6) is 0.712. The van der Waals surface area contributed by atoms with Gasteiger partial charge in [-0.05, 0) is 51.9 Å². The maximum atomic E-state index is 12.5. The van der Waals surface area contributed by atoms with Crippen molar-refractivity contribution in [3.05, 3.63) is 10.6 Å². The first-order valence-corrected chi connectivity index (χ1v) is 10.1. The van der Waals surface area contributed by atoms with E-state index >= 15 is 0 Å². The van der Waals surface area contributed by atoms with Crippen molar-refractivity contribution < 1.29 is 9.59 Å². The molecule has 0 bridgehead atoms. The van der Waals surface area contributed by atoms with Crippen LogP contribution in [0.4, 0.5) is 9.93 Å². The van der Waals surface area contributed by atoms with E-state index in [1.807, 2.05) is 13.8 Å². The molecule has 3 rings (SSSR count). The van der Waals surface area contributed by atoms with Crippen LogP contribution in [-0.2, 0) is 17.6 Å². The van der Waals surface area contributed by atoms with E-state index in [2.05, 4.69) is 22.5 Å². The van der Waals surface area contributed by atoms with Gasteiger partial charge in [0.05, 0.1) is 5.69 Å². The Balaban J connectivity index is 1.51. The van der Waals surface area contributed by atoms with Crippen LogP contribution in [0.1, 0.15) is 50.6 Å². The zero-order chi connectivity index (χ0) is 18.0. The number of aromatic nitrogens is 1. The minimum Gasteiger partial charge on any atom is -0.336 e. The van der Waals surface area contributed by atoms with Crippen molar-refractivity contribution >= 4 is 28.4 Å². The molecule has 138 valence electrons. The first kappa shape index (κ1) is 18.2. The molecule has 0 radical (unpaired) electrons. The number of nitrogens with one attached hydrogen (secondary N) is 2. The summed E-state index contributed by atoms with van der Waals surface area (Å²) in [6.07, 6.45) is 4.69. The number of likely N-dealkylation sites (tertiary alicyclic amines) is 1. The number of carbonyl (C=O) groups is 2. The number of carbonyl (C=O) groups excluding carboxylic acids is 2. The molecular formula is C18H28N4O2S. The van der Waals surface area contributed by atoms with Gasteiger partial charge in [0.25, 0.3) is 0 Å². The second kappa shape index (κ2) is 7.72. The topological polar surface area (TPSA) is 74.3 Å². The molecule has 1 atom stereocenters. The minimum atomic E-state index is -0.0389. The van der Waals surface area contributed by atoms with Crippen LogP contribution in [0.2, 0.25) is 0 Å². The molecule has 7 heteroatoms. The van der Waals surface area contributed by atoms with Crippen LogP contribution < -0.4 is 10.6 Å². The van der Waals surface area contributed by atoms with Gasteiger partial charge in [-0.1, -0.05) is 6.92 Å². The van der Waals surface area contributed by atoms with Gasteiger partial charge >= 0.3 is 6.03 Å². The number of hydrogen-bond acceptors (Lipinski definition) is 4. The lowest BCUT2D eigenvalue weighted by molar-refractivity contribution is -0.121. The minimum absolute atomic E-state index is 0.0319. The molecular weight excluding hydrogens is 336 g/mol. The average molecular weight is 365 g/mol. The van der Waals surface area contributed by atoms with Gasteiger partial charge in [-0.25, -0.2) is 9.78 Å². The number of hydrogen-bond donors (Lipinski definition) is 2. The molecule has 0 aromatic carbocycles. The lowest BCUT2D eigenvalue weighted by Gasteiger charge is -2.31. The van der Waals surface area contributed by atoms with Gasteiger partial charge in [-0.15, -0.1) is 11.3 Å². The van der Waals surface area contributed by atoms with Gasteiger partial charge in [0.15, 0.2) is 5.13 Å². The smallest absolute Gasteiger partial charge is 0.317 e. The number of rotatable bonds is 3. The first-order valence-electron chi connectivity index (χ1n) is 9.27. The summed E-state index contributed by atoms with van der Waals surface area (Å²) in [4.78, 5) is 32.3. The number of urea groups is 1. The van der Waals surface area contributed by atoms with Crippen LogP contribution in [0.3, 0.4) is 0 Å². The number of nitrogens with zero attached hydrogens (tertiary/aromatic N) is 2. The standard InChI is InChI=1S/C18H28N4O2S/c1-11(2)19-18(24)22-8-6-13(7-9-22)16(23)21-17-20-14-5-4-12(3)10-15(14)25-17/h11-13H,4-10H2,1-3H3,(H,19,24)(H,20,21,23)/t12-/m0/s1. The van der Waals surface area contributed by atoms with Gasteiger partial charge in [0, 0.05) is 29.9 Å². The molecule has 1 saturated heterocycles. The van der Waals surface area contributed by atoms with Crippen molar-refractivity contribution in [3.63, 3.8) is 0 Å². The molecule has 2 heterocycles. The number of anilines is 1. The van der Waals surface area contributed by atoms with Crippen molar-refractivity contribution in [2.75, 3.05) is 18.4 Å². The fourth-order valence-corrected chi connectivity index (χ4v) is 4.66. The summed E-state index contributed by atoms with van der Waals surface area (Å²) in [5.41, 5.74) is 1.17. The second-order valence-electron chi connectivity index (χ2n) is 7.59. The van der Waals surface area contributed by atoms with Crippen LogP contribution in [0.25, 0.3) is 0 Å². The molecule has 3 amide bonds.